The molecule has 0 saturated heterocycles. The van der Waals surface area contributed by atoms with Crippen molar-refractivity contribution in [3.05, 3.63) is 65.7 Å². The van der Waals surface area contributed by atoms with Gasteiger partial charge in [-0.05, 0) is 29.8 Å². The van der Waals surface area contributed by atoms with Gasteiger partial charge < -0.3 is 15.5 Å². The Morgan fingerprint density at radius 3 is 2.13 bits per heavy atom. The minimum atomic E-state index is 0. The molecule has 0 bridgehead atoms. The molecule has 0 unspecified atom stereocenters. The van der Waals surface area contributed by atoms with Crippen molar-refractivity contribution in [2.75, 3.05) is 32.1 Å². The molecule has 0 heterocycles. The second kappa shape index (κ2) is 9.18. The van der Waals surface area contributed by atoms with Gasteiger partial charge in [0.15, 0.2) is 0 Å². The van der Waals surface area contributed by atoms with Gasteiger partial charge in [-0.1, -0.05) is 30.3 Å². The average Bonchev–Trinajstić information content (AvgIpc) is 2.59. The Bertz CT molecular complexity index is 601. The number of likely N-dealkylation sites (N-methyl/N-ethyl adjacent to an activating group) is 2. The summed E-state index contributed by atoms with van der Waals surface area (Å²) in [5, 5.41) is 0. The predicted molar refractivity (Wildman–Crippen MR) is 98.3 cm³/mol. The van der Waals surface area contributed by atoms with Crippen LogP contribution in [0.5, 0.6) is 0 Å². The molecule has 1 amide bonds. The Morgan fingerprint density at radius 2 is 1.57 bits per heavy atom. The Hall–Kier alpha value is -2.04. The summed E-state index contributed by atoms with van der Waals surface area (Å²) in [5.41, 5.74) is 8.45. The number of hydrogen-bond donors (Lipinski definition) is 1. The van der Waals surface area contributed by atoms with Crippen molar-refractivity contribution in [1.82, 2.24) is 4.90 Å². The highest BCUT2D eigenvalue weighted by Gasteiger charge is 2.12. The summed E-state index contributed by atoms with van der Waals surface area (Å²) in [4.78, 5) is 16.3. The molecule has 4 nitrogen and oxygen atoms in total. The lowest BCUT2D eigenvalue weighted by molar-refractivity contribution is 0.0799. The molecule has 0 aliphatic rings. The van der Waals surface area contributed by atoms with Gasteiger partial charge >= 0.3 is 0 Å². The van der Waals surface area contributed by atoms with Crippen molar-refractivity contribution in [2.24, 2.45) is 5.73 Å². The van der Waals surface area contributed by atoms with Gasteiger partial charge in [0.1, 0.15) is 0 Å². The molecule has 23 heavy (non-hydrogen) atoms. The summed E-state index contributed by atoms with van der Waals surface area (Å²) in [6.45, 7) is 1.95. The maximum Gasteiger partial charge on any atom is 0.253 e. The molecule has 0 aliphatic heterocycles. The second-order valence-electron chi connectivity index (χ2n) is 5.38. The number of amides is 1. The van der Waals surface area contributed by atoms with E-state index in [-0.39, 0.29) is 18.3 Å². The van der Waals surface area contributed by atoms with Gasteiger partial charge in [-0.3, -0.25) is 4.79 Å². The summed E-state index contributed by atoms with van der Waals surface area (Å²) < 4.78 is 0. The molecular weight excluding hydrogens is 310 g/mol. The van der Waals surface area contributed by atoms with E-state index in [1.54, 1.807) is 4.90 Å². The number of nitrogens with two attached hydrogens (primary N) is 1. The van der Waals surface area contributed by atoms with Crippen molar-refractivity contribution in [2.45, 2.75) is 6.54 Å². The third-order valence-corrected chi connectivity index (χ3v) is 3.75. The highest BCUT2D eigenvalue weighted by molar-refractivity contribution is 5.94. The van der Waals surface area contributed by atoms with E-state index < -0.39 is 0 Å². The number of anilines is 1. The van der Waals surface area contributed by atoms with Gasteiger partial charge in [-0.15, -0.1) is 12.4 Å². The van der Waals surface area contributed by atoms with Crippen LogP contribution in [0.15, 0.2) is 54.6 Å². The number of rotatable bonds is 6. The minimum Gasteiger partial charge on any atom is -0.373 e. The zero-order chi connectivity index (χ0) is 15.9. The Kier molecular flexibility index (Phi) is 7.59. The molecule has 2 rings (SSSR count). The summed E-state index contributed by atoms with van der Waals surface area (Å²) in [6.07, 6.45) is 0. The van der Waals surface area contributed by atoms with E-state index in [0.29, 0.717) is 18.7 Å². The third kappa shape index (κ3) is 5.27. The molecule has 0 atom stereocenters. The summed E-state index contributed by atoms with van der Waals surface area (Å²) in [5.74, 6) is 0.0324. The number of carbonyl (C=O) groups excluding carboxylic acids is 1. The van der Waals surface area contributed by atoms with Gasteiger partial charge in [0.05, 0.1) is 0 Å². The third-order valence-electron chi connectivity index (χ3n) is 3.75. The van der Waals surface area contributed by atoms with Crippen LogP contribution in [0.25, 0.3) is 0 Å². The molecule has 0 fully saturated rings. The SMILES string of the molecule is CN(CCN(C)c1ccccc1)C(=O)c1ccc(CN)cc1.Cl. The maximum atomic E-state index is 12.4. The first kappa shape index (κ1) is 19.0. The smallest absolute Gasteiger partial charge is 0.253 e. The Labute approximate surface area is 144 Å². The molecule has 2 aromatic carbocycles. The lowest BCUT2D eigenvalue weighted by atomic mass is 10.1. The Balaban J connectivity index is 0.00000264. The second-order valence-corrected chi connectivity index (χ2v) is 5.38. The van der Waals surface area contributed by atoms with Crippen LogP contribution in [0.1, 0.15) is 15.9 Å². The molecule has 0 aliphatic carbocycles. The highest BCUT2D eigenvalue weighted by Crippen LogP contribution is 2.11. The van der Waals surface area contributed by atoms with E-state index >= 15 is 0 Å². The molecule has 0 spiro atoms. The monoisotopic (exact) mass is 333 g/mol. The minimum absolute atomic E-state index is 0. The van der Waals surface area contributed by atoms with Crippen LogP contribution >= 0.6 is 12.4 Å². The van der Waals surface area contributed by atoms with Crippen LogP contribution in [0.4, 0.5) is 5.69 Å². The van der Waals surface area contributed by atoms with Crippen LogP contribution in [0.2, 0.25) is 0 Å². The topological polar surface area (TPSA) is 49.6 Å². The summed E-state index contributed by atoms with van der Waals surface area (Å²) in [7, 11) is 3.86. The number of halogens is 1. The van der Waals surface area contributed by atoms with E-state index in [1.807, 2.05) is 56.6 Å². The molecule has 2 aromatic rings. The fourth-order valence-corrected chi connectivity index (χ4v) is 2.22. The largest absolute Gasteiger partial charge is 0.373 e. The van der Waals surface area contributed by atoms with Crippen LogP contribution in [-0.2, 0) is 6.54 Å². The first-order valence-corrected chi connectivity index (χ1v) is 7.42. The van der Waals surface area contributed by atoms with E-state index in [4.69, 9.17) is 5.73 Å². The molecule has 5 heteroatoms. The first-order chi connectivity index (χ1) is 10.6. The van der Waals surface area contributed by atoms with Crippen molar-refractivity contribution in [3.8, 4) is 0 Å². The average molecular weight is 334 g/mol. The molecule has 0 aromatic heterocycles. The molecule has 124 valence electrons. The van der Waals surface area contributed by atoms with Gasteiger partial charge in [0, 0.05) is 45.0 Å². The summed E-state index contributed by atoms with van der Waals surface area (Å²) in [6, 6.07) is 17.6. The highest BCUT2D eigenvalue weighted by atomic mass is 35.5. The van der Waals surface area contributed by atoms with Gasteiger partial charge in [0.2, 0.25) is 0 Å². The van der Waals surface area contributed by atoms with Gasteiger partial charge in [-0.2, -0.15) is 0 Å². The molecular formula is C18H24ClN3O. The van der Waals surface area contributed by atoms with Gasteiger partial charge in [0.25, 0.3) is 5.91 Å². The van der Waals surface area contributed by atoms with Crippen LogP contribution in [-0.4, -0.2) is 38.0 Å². The lowest BCUT2D eigenvalue weighted by Gasteiger charge is -2.24. The standard InChI is InChI=1S/C18H23N3O.ClH/c1-20(17-6-4-3-5-7-17)12-13-21(2)18(22)16-10-8-15(14-19)9-11-16;/h3-11H,12-14,19H2,1-2H3;1H. The quantitative estimate of drug-likeness (QED) is 0.884. The van der Waals surface area contributed by atoms with E-state index in [0.717, 1.165) is 17.8 Å². The zero-order valence-corrected chi connectivity index (χ0v) is 14.4. The van der Waals surface area contributed by atoms with E-state index in [1.165, 1.54) is 0 Å². The predicted octanol–water partition coefficient (Wildman–Crippen LogP) is 2.78. The van der Waals surface area contributed by atoms with Crippen molar-refractivity contribution >= 4 is 24.0 Å². The molecule has 0 saturated carbocycles. The maximum absolute atomic E-state index is 12.4. The van der Waals surface area contributed by atoms with E-state index in [9.17, 15) is 4.79 Å². The van der Waals surface area contributed by atoms with Gasteiger partial charge in [-0.25, -0.2) is 0 Å². The lowest BCUT2D eigenvalue weighted by Crippen LogP contribution is -2.34. The van der Waals surface area contributed by atoms with Crippen LogP contribution in [0, 0.1) is 0 Å². The number of nitrogens with zero attached hydrogens (tertiary/aromatic N) is 2. The number of hydrogen-bond acceptors (Lipinski definition) is 3. The zero-order valence-electron chi connectivity index (χ0n) is 13.6. The first-order valence-electron chi connectivity index (χ1n) is 7.42. The van der Waals surface area contributed by atoms with E-state index in [2.05, 4.69) is 17.0 Å². The fourth-order valence-electron chi connectivity index (χ4n) is 2.22. The van der Waals surface area contributed by atoms with Crippen molar-refractivity contribution in [3.63, 3.8) is 0 Å². The van der Waals surface area contributed by atoms with Crippen LogP contribution < -0.4 is 10.6 Å². The number of benzene rings is 2. The number of carbonyl (C=O) groups is 1. The molecule has 2 N–H and O–H groups in total. The van der Waals surface area contributed by atoms with Crippen molar-refractivity contribution in [1.29, 1.82) is 0 Å². The normalized spacial score (nSPS) is 9.87. The number of para-hydroxylation sites is 1. The van der Waals surface area contributed by atoms with Crippen molar-refractivity contribution < 1.29 is 4.79 Å². The molecule has 0 radical (unpaired) electrons. The Morgan fingerprint density at radius 1 is 0.957 bits per heavy atom. The van der Waals surface area contributed by atoms with Crippen LogP contribution in [0.3, 0.4) is 0 Å². The summed E-state index contributed by atoms with van der Waals surface area (Å²) >= 11 is 0. The fraction of sp³-hybridized carbons (Fsp3) is 0.278.